The summed E-state index contributed by atoms with van der Waals surface area (Å²) in [6.07, 6.45) is 0. The van der Waals surface area contributed by atoms with E-state index < -0.39 is 21.9 Å². The summed E-state index contributed by atoms with van der Waals surface area (Å²) < 4.78 is 35.6. The first-order valence-corrected chi connectivity index (χ1v) is 7.39. The quantitative estimate of drug-likeness (QED) is 0.837. The van der Waals surface area contributed by atoms with Crippen LogP contribution in [-0.4, -0.2) is 19.3 Å². The first-order valence-electron chi connectivity index (χ1n) is 5.85. The zero-order valence-corrected chi connectivity index (χ0v) is 11.8. The smallest absolute Gasteiger partial charge is 0.274 e. The molecule has 0 bridgehead atoms. The number of amides is 1. The number of hydrogen-bond acceptors (Lipinski definition) is 4. The third-order valence-electron chi connectivity index (χ3n) is 2.73. The topological polar surface area (TPSA) is 102 Å². The number of rotatable bonds is 3. The molecule has 1 heterocycles. The molecule has 0 saturated carbocycles. The molecule has 2 aromatic rings. The number of pyridine rings is 1. The second-order valence-corrected chi connectivity index (χ2v) is 5.88. The Bertz CT molecular complexity index is 806. The van der Waals surface area contributed by atoms with Crippen LogP contribution < -0.4 is 10.5 Å². The number of anilines is 1. The molecule has 0 aliphatic rings. The van der Waals surface area contributed by atoms with Crippen molar-refractivity contribution in [2.75, 3.05) is 5.32 Å². The molecule has 6 nitrogen and oxygen atoms in total. The van der Waals surface area contributed by atoms with Crippen LogP contribution in [0.2, 0.25) is 0 Å². The van der Waals surface area contributed by atoms with E-state index in [0.717, 1.165) is 6.07 Å². The van der Waals surface area contributed by atoms with Gasteiger partial charge in [-0.1, -0.05) is 12.1 Å². The molecule has 0 saturated heterocycles. The second-order valence-electron chi connectivity index (χ2n) is 4.32. The number of aryl methyl sites for hydroxylation is 1. The van der Waals surface area contributed by atoms with E-state index in [1.807, 2.05) is 0 Å². The van der Waals surface area contributed by atoms with E-state index in [9.17, 15) is 17.6 Å². The number of primary sulfonamides is 1. The van der Waals surface area contributed by atoms with Gasteiger partial charge < -0.3 is 5.32 Å². The molecule has 0 unspecified atom stereocenters. The average Bonchev–Trinajstić information content (AvgIpc) is 2.40. The Labute approximate surface area is 120 Å². The fraction of sp³-hybridized carbons (Fsp3) is 0.0769. The van der Waals surface area contributed by atoms with Crippen molar-refractivity contribution in [3.8, 4) is 0 Å². The summed E-state index contributed by atoms with van der Waals surface area (Å²) in [5.74, 6) is -1.43. The van der Waals surface area contributed by atoms with Gasteiger partial charge in [-0.15, -0.1) is 0 Å². The lowest BCUT2D eigenvalue weighted by atomic mass is 10.2. The lowest BCUT2D eigenvalue weighted by Gasteiger charge is -2.09. The van der Waals surface area contributed by atoms with E-state index in [2.05, 4.69) is 10.3 Å². The normalized spacial score (nSPS) is 11.2. The maximum atomic E-state index is 13.0. The van der Waals surface area contributed by atoms with Gasteiger partial charge in [0.05, 0.1) is 4.90 Å². The van der Waals surface area contributed by atoms with E-state index in [1.165, 1.54) is 30.3 Å². The standard InChI is InChI=1S/C13H12FN3O3S/c1-8-5-6-9(21(15,19)20)7-11(8)17-13(18)10-3-2-4-12(14)16-10/h2-7H,1H3,(H,17,18)(H2,15,19,20). The van der Waals surface area contributed by atoms with Gasteiger partial charge in [0, 0.05) is 5.69 Å². The van der Waals surface area contributed by atoms with Crippen LogP contribution >= 0.6 is 0 Å². The molecule has 0 aliphatic heterocycles. The van der Waals surface area contributed by atoms with Crippen LogP contribution in [0.25, 0.3) is 0 Å². The maximum Gasteiger partial charge on any atom is 0.274 e. The van der Waals surface area contributed by atoms with E-state index in [4.69, 9.17) is 5.14 Å². The van der Waals surface area contributed by atoms with E-state index in [0.29, 0.717) is 5.56 Å². The van der Waals surface area contributed by atoms with Gasteiger partial charge in [0.1, 0.15) is 5.69 Å². The molecule has 0 aliphatic carbocycles. The Hall–Kier alpha value is -2.32. The number of nitrogens with zero attached hydrogens (tertiary/aromatic N) is 1. The summed E-state index contributed by atoms with van der Waals surface area (Å²) in [4.78, 5) is 15.3. The van der Waals surface area contributed by atoms with Crippen molar-refractivity contribution >= 4 is 21.6 Å². The fourth-order valence-electron chi connectivity index (χ4n) is 1.63. The molecule has 0 radical (unpaired) electrons. The molecule has 2 rings (SSSR count). The lowest BCUT2D eigenvalue weighted by Crippen LogP contribution is -2.16. The Kier molecular flexibility index (Phi) is 4.01. The Morgan fingerprint density at radius 1 is 1.29 bits per heavy atom. The van der Waals surface area contributed by atoms with Crippen molar-refractivity contribution in [2.45, 2.75) is 11.8 Å². The molecule has 1 aromatic heterocycles. The van der Waals surface area contributed by atoms with E-state index in [-0.39, 0.29) is 16.3 Å². The highest BCUT2D eigenvalue weighted by Gasteiger charge is 2.13. The minimum Gasteiger partial charge on any atom is -0.320 e. The SMILES string of the molecule is Cc1ccc(S(N)(=O)=O)cc1NC(=O)c1cccc(F)n1. The molecule has 0 fully saturated rings. The number of nitrogens with one attached hydrogen (secondary N) is 1. The van der Waals surface area contributed by atoms with Crippen molar-refractivity contribution in [3.63, 3.8) is 0 Å². The zero-order valence-electron chi connectivity index (χ0n) is 11.0. The second kappa shape index (κ2) is 5.58. The van der Waals surface area contributed by atoms with Crippen LogP contribution in [0.1, 0.15) is 16.1 Å². The fourth-order valence-corrected chi connectivity index (χ4v) is 2.17. The number of carbonyl (C=O) groups excluding carboxylic acids is 1. The summed E-state index contributed by atoms with van der Waals surface area (Å²) in [7, 11) is -3.88. The first kappa shape index (κ1) is 15.1. The van der Waals surface area contributed by atoms with Crippen LogP contribution in [0.3, 0.4) is 0 Å². The van der Waals surface area contributed by atoms with Gasteiger partial charge in [0.25, 0.3) is 5.91 Å². The zero-order chi connectivity index (χ0) is 15.6. The van der Waals surface area contributed by atoms with Gasteiger partial charge in [-0.25, -0.2) is 18.5 Å². The van der Waals surface area contributed by atoms with Gasteiger partial charge >= 0.3 is 0 Å². The largest absolute Gasteiger partial charge is 0.320 e. The van der Waals surface area contributed by atoms with E-state index >= 15 is 0 Å². The Balaban J connectivity index is 2.33. The van der Waals surface area contributed by atoms with Gasteiger partial charge in [-0.05, 0) is 36.8 Å². The molecule has 3 N–H and O–H groups in total. The molecule has 0 spiro atoms. The van der Waals surface area contributed by atoms with Crippen LogP contribution in [0.15, 0.2) is 41.3 Å². The number of sulfonamides is 1. The maximum absolute atomic E-state index is 13.0. The molecule has 21 heavy (non-hydrogen) atoms. The molecule has 1 aromatic carbocycles. The van der Waals surface area contributed by atoms with Gasteiger partial charge in [0.15, 0.2) is 0 Å². The highest BCUT2D eigenvalue weighted by atomic mass is 32.2. The number of nitrogens with two attached hydrogens (primary N) is 1. The summed E-state index contributed by atoms with van der Waals surface area (Å²) in [5.41, 5.74) is 0.778. The van der Waals surface area contributed by atoms with Crippen molar-refractivity contribution in [3.05, 3.63) is 53.6 Å². The lowest BCUT2D eigenvalue weighted by molar-refractivity contribution is 0.102. The summed E-state index contributed by atoms with van der Waals surface area (Å²) in [6.45, 7) is 1.68. The molecule has 110 valence electrons. The number of carbonyl (C=O) groups is 1. The van der Waals surface area contributed by atoms with Crippen molar-refractivity contribution in [2.24, 2.45) is 5.14 Å². The number of benzene rings is 1. The molecular weight excluding hydrogens is 297 g/mol. The number of halogens is 1. The summed E-state index contributed by atoms with van der Waals surface area (Å²) in [5, 5.41) is 7.51. The Morgan fingerprint density at radius 3 is 2.62 bits per heavy atom. The highest BCUT2D eigenvalue weighted by Crippen LogP contribution is 2.20. The average molecular weight is 309 g/mol. The predicted octanol–water partition coefficient (Wildman–Crippen LogP) is 1.43. The summed E-state index contributed by atoms with van der Waals surface area (Å²) >= 11 is 0. The van der Waals surface area contributed by atoms with Crippen LogP contribution in [-0.2, 0) is 10.0 Å². The third kappa shape index (κ3) is 3.61. The van der Waals surface area contributed by atoms with E-state index in [1.54, 1.807) is 6.92 Å². The molecule has 1 amide bonds. The number of hydrogen-bond donors (Lipinski definition) is 2. The molecular formula is C13H12FN3O3S. The van der Waals surface area contributed by atoms with Crippen LogP contribution in [0.5, 0.6) is 0 Å². The van der Waals surface area contributed by atoms with Gasteiger partial charge in [-0.2, -0.15) is 4.39 Å². The molecule has 8 heteroatoms. The highest BCUT2D eigenvalue weighted by molar-refractivity contribution is 7.89. The first-order chi connectivity index (χ1) is 9.77. The monoisotopic (exact) mass is 309 g/mol. The summed E-state index contributed by atoms with van der Waals surface area (Å²) in [6, 6.07) is 7.89. The van der Waals surface area contributed by atoms with Crippen molar-refractivity contribution in [1.29, 1.82) is 0 Å². The van der Waals surface area contributed by atoms with Gasteiger partial charge in [-0.3, -0.25) is 4.79 Å². The van der Waals surface area contributed by atoms with Crippen LogP contribution in [0, 0.1) is 12.9 Å². The third-order valence-corrected chi connectivity index (χ3v) is 3.64. The minimum absolute atomic E-state index is 0.115. The van der Waals surface area contributed by atoms with Crippen LogP contribution in [0.4, 0.5) is 10.1 Å². The van der Waals surface area contributed by atoms with Gasteiger partial charge in [0.2, 0.25) is 16.0 Å². The van der Waals surface area contributed by atoms with Crippen molar-refractivity contribution in [1.82, 2.24) is 4.98 Å². The van der Waals surface area contributed by atoms with Crippen molar-refractivity contribution < 1.29 is 17.6 Å². The predicted molar refractivity (Wildman–Crippen MR) is 74.7 cm³/mol. The Morgan fingerprint density at radius 2 is 2.00 bits per heavy atom. The molecule has 0 atom stereocenters. The number of aromatic nitrogens is 1. The minimum atomic E-state index is -3.88.